The number of urea groups is 1. The maximum Gasteiger partial charge on any atom is 0.325 e. The highest BCUT2D eigenvalue weighted by Crippen LogP contribution is 2.30. The molecule has 0 saturated carbocycles. The summed E-state index contributed by atoms with van der Waals surface area (Å²) in [6.07, 6.45) is 2.33. The number of nitrogens with zero attached hydrogens (tertiary/aromatic N) is 3. The van der Waals surface area contributed by atoms with Crippen LogP contribution in [0.25, 0.3) is 0 Å². The number of aromatic nitrogens is 2. The molecule has 2 aromatic rings. The Bertz CT molecular complexity index is 715. The molecule has 0 unspecified atom stereocenters. The smallest absolute Gasteiger partial charge is 0.325 e. The summed E-state index contributed by atoms with van der Waals surface area (Å²) in [5.41, 5.74) is 0.542. The zero-order valence-electron chi connectivity index (χ0n) is 13.5. The summed E-state index contributed by atoms with van der Waals surface area (Å²) >= 11 is 1.37. The molecule has 2 amide bonds. The third kappa shape index (κ3) is 3.67. The summed E-state index contributed by atoms with van der Waals surface area (Å²) in [5.74, 6) is 1.16. The fraction of sp³-hybridized carbons (Fsp3) is 0.400. The number of nitrogens with one attached hydrogen (secondary N) is 2. The minimum atomic E-state index is -0.400. The number of methoxy groups -OCH3 is 2. The van der Waals surface area contributed by atoms with Gasteiger partial charge >= 0.3 is 6.03 Å². The largest absolute Gasteiger partial charge is 0.497 e. The van der Waals surface area contributed by atoms with E-state index in [2.05, 4.69) is 25.7 Å². The molecular weight excluding hydrogens is 330 g/mol. The lowest BCUT2D eigenvalue weighted by molar-refractivity contribution is 0.262. The summed E-state index contributed by atoms with van der Waals surface area (Å²) in [4.78, 5) is 14.3. The van der Waals surface area contributed by atoms with E-state index in [0.717, 1.165) is 18.2 Å². The standard InChI is InChI=1S/C15H19N5O3S/c1-22-10-5-6-11(12(9-10)23-2)16-13(21)17-14-18-19-15(24-14)20-7-3-4-8-20/h5-6,9H,3-4,7-8H2,1-2H3,(H2,16,17,18,21). The molecule has 1 aliphatic heterocycles. The fourth-order valence-corrected chi connectivity index (χ4v) is 3.25. The van der Waals surface area contributed by atoms with Gasteiger partial charge in [-0.1, -0.05) is 11.3 Å². The van der Waals surface area contributed by atoms with Crippen molar-refractivity contribution in [3.8, 4) is 11.5 Å². The van der Waals surface area contributed by atoms with Crippen molar-refractivity contribution in [3.05, 3.63) is 18.2 Å². The summed E-state index contributed by atoms with van der Waals surface area (Å²) in [5, 5.41) is 14.9. The first-order valence-electron chi connectivity index (χ1n) is 7.58. The lowest BCUT2D eigenvalue weighted by Crippen LogP contribution is -2.19. The Balaban J connectivity index is 1.63. The first-order valence-corrected chi connectivity index (χ1v) is 8.39. The molecule has 24 heavy (non-hydrogen) atoms. The van der Waals surface area contributed by atoms with Crippen LogP contribution in [0.2, 0.25) is 0 Å². The van der Waals surface area contributed by atoms with E-state index in [9.17, 15) is 4.79 Å². The van der Waals surface area contributed by atoms with Gasteiger partial charge in [0, 0.05) is 19.2 Å². The molecule has 1 saturated heterocycles. The molecule has 1 aromatic carbocycles. The van der Waals surface area contributed by atoms with E-state index >= 15 is 0 Å². The Morgan fingerprint density at radius 1 is 1.17 bits per heavy atom. The minimum Gasteiger partial charge on any atom is -0.497 e. The van der Waals surface area contributed by atoms with Crippen LogP contribution in [0.4, 0.5) is 20.7 Å². The summed E-state index contributed by atoms with van der Waals surface area (Å²) in [6.45, 7) is 1.98. The van der Waals surface area contributed by atoms with E-state index in [-0.39, 0.29) is 0 Å². The van der Waals surface area contributed by atoms with Gasteiger partial charge in [-0.25, -0.2) is 4.79 Å². The molecule has 0 aliphatic carbocycles. The first-order chi connectivity index (χ1) is 11.7. The zero-order valence-corrected chi connectivity index (χ0v) is 14.4. The fourth-order valence-electron chi connectivity index (χ4n) is 2.45. The number of hydrogen-bond donors (Lipinski definition) is 2. The average molecular weight is 349 g/mol. The topological polar surface area (TPSA) is 88.6 Å². The SMILES string of the molecule is COc1ccc(NC(=O)Nc2nnc(N3CCCC3)s2)c(OC)c1. The van der Waals surface area contributed by atoms with Gasteiger partial charge in [0.1, 0.15) is 11.5 Å². The van der Waals surface area contributed by atoms with Crippen molar-refractivity contribution in [2.45, 2.75) is 12.8 Å². The van der Waals surface area contributed by atoms with E-state index in [1.54, 1.807) is 25.3 Å². The third-order valence-electron chi connectivity index (χ3n) is 3.67. The molecule has 0 atom stereocenters. The first kappa shape index (κ1) is 16.3. The van der Waals surface area contributed by atoms with Crippen LogP contribution >= 0.6 is 11.3 Å². The van der Waals surface area contributed by atoms with E-state index in [0.29, 0.717) is 22.3 Å². The Morgan fingerprint density at radius 3 is 2.67 bits per heavy atom. The Labute approximate surface area is 143 Å². The van der Waals surface area contributed by atoms with Gasteiger partial charge in [-0.2, -0.15) is 0 Å². The molecule has 2 N–H and O–H groups in total. The predicted molar refractivity (Wildman–Crippen MR) is 93.5 cm³/mol. The summed E-state index contributed by atoms with van der Waals surface area (Å²) in [6, 6.07) is 4.76. The number of benzene rings is 1. The molecule has 0 radical (unpaired) electrons. The molecule has 3 rings (SSSR count). The van der Waals surface area contributed by atoms with Crippen LogP contribution < -0.4 is 25.0 Å². The van der Waals surface area contributed by atoms with Crippen LogP contribution in [0.3, 0.4) is 0 Å². The van der Waals surface area contributed by atoms with Gasteiger partial charge in [-0.3, -0.25) is 5.32 Å². The second kappa shape index (κ2) is 7.35. The third-order valence-corrected chi connectivity index (χ3v) is 4.57. The van der Waals surface area contributed by atoms with Crippen molar-refractivity contribution >= 4 is 33.3 Å². The van der Waals surface area contributed by atoms with Crippen molar-refractivity contribution in [1.29, 1.82) is 0 Å². The molecule has 128 valence electrons. The monoisotopic (exact) mass is 349 g/mol. The number of anilines is 3. The molecule has 2 heterocycles. The van der Waals surface area contributed by atoms with Gasteiger partial charge in [0.05, 0.1) is 19.9 Å². The number of ether oxygens (including phenoxy) is 2. The highest BCUT2D eigenvalue weighted by Gasteiger charge is 2.18. The van der Waals surface area contributed by atoms with Crippen LogP contribution in [-0.2, 0) is 0 Å². The Hall–Kier alpha value is -2.55. The van der Waals surface area contributed by atoms with Crippen LogP contribution in [0.15, 0.2) is 18.2 Å². The highest BCUT2D eigenvalue weighted by atomic mass is 32.1. The van der Waals surface area contributed by atoms with Gasteiger partial charge < -0.3 is 19.7 Å². The number of carbonyl (C=O) groups excluding carboxylic acids is 1. The molecule has 1 aromatic heterocycles. The van der Waals surface area contributed by atoms with Crippen molar-refractivity contribution in [2.75, 3.05) is 42.8 Å². The molecule has 1 fully saturated rings. The molecule has 9 heteroatoms. The minimum absolute atomic E-state index is 0.400. The van der Waals surface area contributed by atoms with E-state index in [4.69, 9.17) is 9.47 Å². The molecule has 0 spiro atoms. The summed E-state index contributed by atoms with van der Waals surface area (Å²) in [7, 11) is 3.10. The summed E-state index contributed by atoms with van der Waals surface area (Å²) < 4.78 is 10.4. The second-order valence-corrected chi connectivity index (χ2v) is 6.19. The van der Waals surface area contributed by atoms with Crippen LogP contribution in [0.5, 0.6) is 11.5 Å². The average Bonchev–Trinajstić information content (AvgIpc) is 3.26. The van der Waals surface area contributed by atoms with Gasteiger partial charge in [0.2, 0.25) is 10.3 Å². The van der Waals surface area contributed by atoms with Gasteiger partial charge in [-0.05, 0) is 25.0 Å². The van der Waals surface area contributed by atoms with Crippen molar-refractivity contribution in [1.82, 2.24) is 10.2 Å². The number of carbonyl (C=O) groups is 1. The zero-order chi connectivity index (χ0) is 16.9. The molecular formula is C15H19N5O3S. The van der Waals surface area contributed by atoms with Gasteiger partial charge in [0.15, 0.2) is 0 Å². The van der Waals surface area contributed by atoms with E-state index < -0.39 is 6.03 Å². The number of rotatable bonds is 5. The Kier molecular flexibility index (Phi) is 4.99. The predicted octanol–water partition coefficient (Wildman–Crippen LogP) is 2.80. The van der Waals surface area contributed by atoms with Gasteiger partial charge in [-0.15, -0.1) is 10.2 Å². The number of amides is 2. The van der Waals surface area contributed by atoms with E-state index in [1.165, 1.54) is 31.3 Å². The van der Waals surface area contributed by atoms with Crippen LogP contribution in [0, 0.1) is 0 Å². The maximum atomic E-state index is 12.2. The Morgan fingerprint density at radius 2 is 1.96 bits per heavy atom. The normalized spacial score (nSPS) is 13.7. The quantitative estimate of drug-likeness (QED) is 0.863. The molecule has 8 nitrogen and oxygen atoms in total. The van der Waals surface area contributed by atoms with Gasteiger partial charge in [0.25, 0.3) is 0 Å². The van der Waals surface area contributed by atoms with Crippen LogP contribution in [0.1, 0.15) is 12.8 Å². The van der Waals surface area contributed by atoms with Crippen molar-refractivity contribution in [3.63, 3.8) is 0 Å². The maximum absolute atomic E-state index is 12.2. The lowest BCUT2D eigenvalue weighted by Gasteiger charge is -2.12. The van der Waals surface area contributed by atoms with Crippen molar-refractivity contribution in [2.24, 2.45) is 0 Å². The molecule has 1 aliphatic rings. The number of hydrogen-bond acceptors (Lipinski definition) is 7. The lowest BCUT2D eigenvalue weighted by atomic mass is 10.2. The second-order valence-electron chi connectivity index (χ2n) is 5.23. The van der Waals surface area contributed by atoms with Crippen LogP contribution in [-0.4, -0.2) is 43.5 Å². The van der Waals surface area contributed by atoms with E-state index in [1.807, 2.05) is 0 Å². The highest BCUT2D eigenvalue weighted by molar-refractivity contribution is 7.19. The van der Waals surface area contributed by atoms with Crippen molar-refractivity contribution < 1.29 is 14.3 Å². The molecule has 0 bridgehead atoms.